The number of nitrogens with one attached hydrogen (secondary N) is 1. The van der Waals surface area contributed by atoms with E-state index in [0.29, 0.717) is 13.2 Å². The lowest BCUT2D eigenvalue weighted by Crippen LogP contribution is -2.27. The van der Waals surface area contributed by atoms with Crippen LogP contribution in [0.3, 0.4) is 0 Å². The molecule has 17 heavy (non-hydrogen) atoms. The van der Waals surface area contributed by atoms with Crippen molar-refractivity contribution < 1.29 is 14.6 Å². The summed E-state index contributed by atoms with van der Waals surface area (Å²) in [5.74, 6) is -0.272. The predicted octanol–water partition coefficient (Wildman–Crippen LogP) is 0.744. The predicted molar refractivity (Wildman–Crippen MR) is 65.7 cm³/mol. The molecule has 94 valence electrons. The molecule has 0 heterocycles. The first-order valence-electron chi connectivity index (χ1n) is 5.84. The summed E-state index contributed by atoms with van der Waals surface area (Å²) in [6.45, 7) is 1.04. The summed E-state index contributed by atoms with van der Waals surface area (Å²) in [5.41, 5.74) is 1.25. The third-order valence-corrected chi connectivity index (χ3v) is 2.27. The second-order valence-corrected chi connectivity index (χ2v) is 3.71. The molecule has 1 aromatic rings. The lowest BCUT2D eigenvalue weighted by atomic mass is 10.1. The first-order valence-corrected chi connectivity index (χ1v) is 5.84. The maximum atomic E-state index is 11.2. The van der Waals surface area contributed by atoms with Crippen molar-refractivity contribution >= 4 is 5.97 Å². The van der Waals surface area contributed by atoms with Gasteiger partial charge in [0.2, 0.25) is 0 Å². The van der Waals surface area contributed by atoms with Crippen molar-refractivity contribution in [2.24, 2.45) is 0 Å². The van der Waals surface area contributed by atoms with E-state index in [0.717, 1.165) is 12.8 Å². The lowest BCUT2D eigenvalue weighted by molar-refractivity contribution is -0.142. The summed E-state index contributed by atoms with van der Waals surface area (Å²) in [6, 6.07) is 10.1. The van der Waals surface area contributed by atoms with E-state index >= 15 is 0 Å². The van der Waals surface area contributed by atoms with Crippen LogP contribution in [0.2, 0.25) is 0 Å². The van der Waals surface area contributed by atoms with E-state index in [-0.39, 0.29) is 19.1 Å². The van der Waals surface area contributed by atoms with Gasteiger partial charge >= 0.3 is 5.97 Å². The summed E-state index contributed by atoms with van der Waals surface area (Å²) in [7, 11) is 0. The van der Waals surface area contributed by atoms with Crippen molar-refractivity contribution in [1.29, 1.82) is 0 Å². The number of aliphatic hydroxyl groups is 1. The highest BCUT2D eigenvalue weighted by atomic mass is 16.5. The Morgan fingerprint density at radius 1 is 1.29 bits per heavy atom. The summed E-state index contributed by atoms with van der Waals surface area (Å²) < 4.78 is 5.03. The zero-order chi connectivity index (χ0) is 12.3. The highest BCUT2D eigenvalue weighted by Gasteiger charge is 2.01. The Morgan fingerprint density at radius 3 is 2.76 bits per heavy atom. The Labute approximate surface area is 102 Å². The lowest BCUT2D eigenvalue weighted by Gasteiger charge is -2.05. The van der Waals surface area contributed by atoms with Crippen molar-refractivity contribution in [2.45, 2.75) is 12.8 Å². The van der Waals surface area contributed by atoms with Crippen LogP contribution in [-0.2, 0) is 16.0 Å². The maximum Gasteiger partial charge on any atom is 0.319 e. The molecule has 0 fully saturated rings. The quantitative estimate of drug-likeness (QED) is 0.517. The molecule has 0 saturated carbocycles. The summed E-state index contributed by atoms with van der Waals surface area (Å²) >= 11 is 0. The molecule has 1 rings (SSSR count). The van der Waals surface area contributed by atoms with Gasteiger partial charge in [0.1, 0.15) is 0 Å². The molecule has 0 aliphatic carbocycles. The Morgan fingerprint density at radius 2 is 2.06 bits per heavy atom. The van der Waals surface area contributed by atoms with Gasteiger partial charge in [-0.3, -0.25) is 4.79 Å². The summed E-state index contributed by atoms with van der Waals surface area (Å²) in [5, 5.41) is 11.3. The molecule has 0 aliphatic heterocycles. The first kappa shape index (κ1) is 13.7. The van der Waals surface area contributed by atoms with Gasteiger partial charge < -0.3 is 15.2 Å². The Balaban J connectivity index is 2.02. The molecule has 0 aliphatic rings. The number of aliphatic hydroxyl groups excluding tert-OH is 1. The van der Waals surface area contributed by atoms with E-state index in [1.54, 1.807) is 0 Å². The molecule has 4 heteroatoms. The minimum atomic E-state index is -0.272. The number of carbonyl (C=O) groups is 1. The highest BCUT2D eigenvalue weighted by Crippen LogP contribution is 2.02. The van der Waals surface area contributed by atoms with E-state index < -0.39 is 0 Å². The third-order valence-electron chi connectivity index (χ3n) is 2.27. The van der Waals surface area contributed by atoms with E-state index in [9.17, 15) is 4.79 Å². The number of benzene rings is 1. The van der Waals surface area contributed by atoms with Gasteiger partial charge in [0.05, 0.1) is 19.8 Å². The largest absolute Gasteiger partial charge is 0.465 e. The second kappa shape index (κ2) is 8.73. The molecule has 2 N–H and O–H groups in total. The number of hydrogen-bond acceptors (Lipinski definition) is 4. The topological polar surface area (TPSA) is 58.6 Å². The third kappa shape index (κ3) is 6.71. The second-order valence-electron chi connectivity index (χ2n) is 3.71. The van der Waals surface area contributed by atoms with Crippen LogP contribution in [0.15, 0.2) is 30.3 Å². The fraction of sp³-hybridized carbons (Fsp3) is 0.462. The molecule has 0 aromatic heterocycles. The van der Waals surface area contributed by atoms with E-state index in [2.05, 4.69) is 17.4 Å². The number of esters is 1. The Hall–Kier alpha value is -1.39. The van der Waals surface area contributed by atoms with Crippen LogP contribution in [0.25, 0.3) is 0 Å². The van der Waals surface area contributed by atoms with Crippen molar-refractivity contribution in [2.75, 3.05) is 26.3 Å². The Bertz CT molecular complexity index is 314. The Kier molecular flexibility index (Phi) is 7.02. The average molecular weight is 237 g/mol. The van der Waals surface area contributed by atoms with Crippen LogP contribution in [0.5, 0.6) is 0 Å². The molecule has 0 spiro atoms. The van der Waals surface area contributed by atoms with Crippen LogP contribution < -0.4 is 5.32 Å². The van der Waals surface area contributed by atoms with Gasteiger partial charge in [-0.2, -0.15) is 0 Å². The number of rotatable bonds is 8. The molecule has 0 atom stereocenters. The number of ether oxygens (including phenoxy) is 1. The molecule has 0 saturated heterocycles. The van der Waals surface area contributed by atoms with Gasteiger partial charge in [-0.1, -0.05) is 30.3 Å². The van der Waals surface area contributed by atoms with Crippen molar-refractivity contribution in [3.63, 3.8) is 0 Å². The molecule has 4 nitrogen and oxygen atoms in total. The van der Waals surface area contributed by atoms with Crippen molar-refractivity contribution in [1.82, 2.24) is 5.32 Å². The van der Waals surface area contributed by atoms with Gasteiger partial charge in [0.15, 0.2) is 0 Å². The van der Waals surface area contributed by atoms with E-state index in [1.807, 2.05) is 18.2 Å². The summed E-state index contributed by atoms with van der Waals surface area (Å²) in [6.07, 6.45) is 1.74. The monoisotopic (exact) mass is 237 g/mol. The van der Waals surface area contributed by atoms with Crippen molar-refractivity contribution in [3.8, 4) is 0 Å². The van der Waals surface area contributed by atoms with Gasteiger partial charge in [0, 0.05) is 6.54 Å². The fourth-order valence-electron chi connectivity index (χ4n) is 1.43. The molecule has 0 bridgehead atoms. The van der Waals surface area contributed by atoms with Crippen LogP contribution in [0.1, 0.15) is 12.0 Å². The van der Waals surface area contributed by atoms with E-state index in [4.69, 9.17) is 9.84 Å². The van der Waals surface area contributed by atoms with Gasteiger partial charge in [-0.05, 0) is 18.4 Å². The maximum absolute atomic E-state index is 11.2. The molecular weight excluding hydrogens is 218 g/mol. The van der Waals surface area contributed by atoms with Crippen molar-refractivity contribution in [3.05, 3.63) is 35.9 Å². The zero-order valence-electron chi connectivity index (χ0n) is 9.89. The summed E-state index contributed by atoms with van der Waals surface area (Å²) in [4.78, 5) is 11.2. The molecule has 0 radical (unpaired) electrons. The SMILES string of the molecule is O=C(CNCCO)OCCCc1ccccc1. The smallest absolute Gasteiger partial charge is 0.319 e. The molecule has 0 amide bonds. The number of aryl methyl sites for hydroxylation is 1. The van der Waals surface area contributed by atoms with Crippen LogP contribution >= 0.6 is 0 Å². The standard InChI is InChI=1S/C13H19NO3/c15-9-8-14-11-13(16)17-10-4-7-12-5-2-1-3-6-12/h1-3,5-6,14-15H,4,7-11H2. The number of carbonyl (C=O) groups excluding carboxylic acids is 1. The minimum Gasteiger partial charge on any atom is -0.465 e. The molecule has 0 unspecified atom stereocenters. The normalized spacial score (nSPS) is 10.2. The molecule has 1 aromatic carbocycles. The minimum absolute atomic E-state index is 0.0291. The van der Waals surface area contributed by atoms with E-state index in [1.165, 1.54) is 5.56 Å². The first-order chi connectivity index (χ1) is 8.33. The van der Waals surface area contributed by atoms with Crippen LogP contribution in [-0.4, -0.2) is 37.4 Å². The highest BCUT2D eigenvalue weighted by molar-refractivity contribution is 5.71. The average Bonchev–Trinajstić information content (AvgIpc) is 2.36. The van der Waals surface area contributed by atoms with Gasteiger partial charge in [-0.25, -0.2) is 0 Å². The van der Waals surface area contributed by atoms with Crippen LogP contribution in [0, 0.1) is 0 Å². The van der Waals surface area contributed by atoms with Crippen LogP contribution in [0.4, 0.5) is 0 Å². The fourth-order valence-corrected chi connectivity index (χ4v) is 1.43. The van der Waals surface area contributed by atoms with Gasteiger partial charge in [0.25, 0.3) is 0 Å². The zero-order valence-corrected chi connectivity index (χ0v) is 9.89. The number of hydrogen-bond donors (Lipinski definition) is 2. The van der Waals surface area contributed by atoms with Gasteiger partial charge in [-0.15, -0.1) is 0 Å². The molecular formula is C13H19NO3.